The molecule has 32 heavy (non-hydrogen) atoms. The summed E-state index contributed by atoms with van der Waals surface area (Å²) in [5.41, 5.74) is 9.18. The van der Waals surface area contributed by atoms with Gasteiger partial charge < -0.3 is 20.8 Å². The molecule has 0 saturated heterocycles. The van der Waals surface area contributed by atoms with Gasteiger partial charge in [-0.3, -0.25) is 4.79 Å². The first-order chi connectivity index (χ1) is 15.4. The van der Waals surface area contributed by atoms with E-state index < -0.39 is 30.2 Å². The first kappa shape index (κ1) is 23.4. The smallest absolute Gasteiger partial charge is 0.242 e. The van der Waals surface area contributed by atoms with Crippen LogP contribution in [0.25, 0.3) is 6.08 Å². The van der Waals surface area contributed by atoms with Crippen molar-refractivity contribution in [2.24, 2.45) is 5.73 Å². The van der Waals surface area contributed by atoms with Gasteiger partial charge in [-0.05, 0) is 29.2 Å². The molecular weight excluding hydrogens is 400 g/mol. The molecule has 3 rings (SSSR count). The van der Waals surface area contributed by atoms with Crippen LogP contribution in [0.1, 0.15) is 35.8 Å². The van der Waals surface area contributed by atoms with Crippen molar-refractivity contribution in [3.8, 4) is 0 Å². The second kappa shape index (κ2) is 10.9. The number of amides is 1. The van der Waals surface area contributed by atoms with E-state index in [-0.39, 0.29) is 0 Å². The summed E-state index contributed by atoms with van der Waals surface area (Å²) in [6.07, 6.45) is -0.307. The van der Waals surface area contributed by atoms with Gasteiger partial charge in [0, 0.05) is 7.05 Å². The quantitative estimate of drug-likeness (QED) is 0.508. The van der Waals surface area contributed by atoms with Crippen LogP contribution < -0.4 is 5.73 Å². The van der Waals surface area contributed by atoms with E-state index in [0.29, 0.717) is 11.1 Å². The van der Waals surface area contributed by atoms with Gasteiger partial charge in [-0.2, -0.15) is 0 Å². The summed E-state index contributed by atoms with van der Waals surface area (Å²) in [6, 6.07) is 26.2. The van der Waals surface area contributed by atoms with Crippen LogP contribution in [0, 0.1) is 0 Å². The van der Waals surface area contributed by atoms with Gasteiger partial charge in [0.1, 0.15) is 12.1 Å². The van der Waals surface area contributed by atoms with Crippen LogP contribution >= 0.6 is 0 Å². The molecule has 3 aromatic carbocycles. The van der Waals surface area contributed by atoms with E-state index in [2.05, 4.69) is 0 Å². The highest BCUT2D eigenvalue weighted by Crippen LogP contribution is 2.33. The molecule has 0 bridgehead atoms. The van der Waals surface area contributed by atoms with E-state index in [1.165, 1.54) is 4.90 Å². The van der Waals surface area contributed by atoms with E-state index in [1.54, 1.807) is 14.0 Å². The van der Waals surface area contributed by atoms with Crippen LogP contribution in [0.2, 0.25) is 0 Å². The topological polar surface area (TPSA) is 86.8 Å². The summed E-state index contributed by atoms with van der Waals surface area (Å²) < 4.78 is 0. The van der Waals surface area contributed by atoms with Gasteiger partial charge in [0.25, 0.3) is 0 Å². The monoisotopic (exact) mass is 430 g/mol. The van der Waals surface area contributed by atoms with E-state index in [4.69, 9.17) is 5.73 Å². The molecule has 0 saturated carbocycles. The highest BCUT2D eigenvalue weighted by Gasteiger charge is 2.34. The Morgan fingerprint density at radius 2 is 1.31 bits per heavy atom. The summed E-state index contributed by atoms with van der Waals surface area (Å²) in [5.74, 6) is -0.456. The number of likely N-dealkylation sites (N-methyl/N-ethyl adjacent to an activating group) is 1. The maximum atomic E-state index is 13.3. The number of carbonyl (C=O) groups is 1. The molecule has 0 unspecified atom stereocenters. The van der Waals surface area contributed by atoms with Crippen molar-refractivity contribution in [3.05, 3.63) is 113 Å². The van der Waals surface area contributed by atoms with Gasteiger partial charge in [0.05, 0.1) is 12.1 Å². The fourth-order valence-electron chi connectivity index (χ4n) is 3.79. The van der Waals surface area contributed by atoms with Gasteiger partial charge in [0.15, 0.2) is 0 Å². The summed E-state index contributed by atoms with van der Waals surface area (Å²) >= 11 is 0. The molecule has 5 heteroatoms. The molecule has 0 spiro atoms. The second-order valence-corrected chi connectivity index (χ2v) is 7.93. The molecule has 1 amide bonds. The van der Waals surface area contributed by atoms with Crippen molar-refractivity contribution >= 4 is 12.0 Å². The van der Waals surface area contributed by atoms with E-state index in [0.717, 1.165) is 11.1 Å². The second-order valence-electron chi connectivity index (χ2n) is 7.93. The zero-order chi connectivity index (χ0) is 23.1. The summed E-state index contributed by atoms with van der Waals surface area (Å²) in [6.45, 7) is 1.75. The third-order valence-corrected chi connectivity index (χ3v) is 5.63. The Morgan fingerprint density at radius 3 is 1.84 bits per heavy atom. The number of hydrogen-bond acceptors (Lipinski definition) is 4. The molecule has 0 aliphatic carbocycles. The predicted octanol–water partition coefficient (Wildman–Crippen LogP) is 3.71. The fraction of sp³-hybridized carbons (Fsp3) is 0.222. The number of benzene rings is 3. The van der Waals surface area contributed by atoms with Crippen molar-refractivity contribution in [3.63, 3.8) is 0 Å². The highest BCUT2D eigenvalue weighted by molar-refractivity contribution is 5.83. The molecule has 0 aliphatic rings. The zero-order valence-corrected chi connectivity index (χ0v) is 18.4. The average Bonchev–Trinajstić information content (AvgIpc) is 2.84. The Labute approximate surface area is 189 Å². The molecule has 0 heterocycles. The van der Waals surface area contributed by atoms with Gasteiger partial charge in [-0.1, -0.05) is 97.1 Å². The van der Waals surface area contributed by atoms with Crippen LogP contribution in [0.15, 0.2) is 96.6 Å². The molecule has 4 atom stereocenters. The molecule has 5 nitrogen and oxygen atoms in total. The van der Waals surface area contributed by atoms with Crippen LogP contribution in [0.4, 0.5) is 0 Å². The number of nitrogens with two attached hydrogens (primary N) is 1. The summed E-state index contributed by atoms with van der Waals surface area (Å²) in [4.78, 5) is 14.7. The number of rotatable bonds is 8. The molecule has 3 aromatic rings. The van der Waals surface area contributed by atoms with Crippen molar-refractivity contribution < 1.29 is 15.0 Å². The summed E-state index contributed by atoms with van der Waals surface area (Å²) in [7, 11) is 1.61. The lowest BCUT2D eigenvalue weighted by molar-refractivity contribution is -0.138. The molecule has 0 fully saturated rings. The Bertz CT molecular complexity index is 1020. The third-order valence-electron chi connectivity index (χ3n) is 5.63. The van der Waals surface area contributed by atoms with Gasteiger partial charge in [-0.15, -0.1) is 0 Å². The van der Waals surface area contributed by atoms with Crippen LogP contribution in [0.3, 0.4) is 0 Å². The normalized spacial score (nSPS) is 15.5. The average molecular weight is 431 g/mol. The van der Waals surface area contributed by atoms with E-state index in [1.807, 2.05) is 97.1 Å². The Morgan fingerprint density at radius 1 is 0.844 bits per heavy atom. The third kappa shape index (κ3) is 5.51. The Hall–Kier alpha value is -3.25. The lowest BCUT2D eigenvalue weighted by atomic mass is 9.93. The largest absolute Gasteiger partial charge is 0.387 e. The van der Waals surface area contributed by atoms with Gasteiger partial charge in [0.2, 0.25) is 5.91 Å². The minimum atomic E-state index is -1.17. The SMILES string of the molecule is C/C(=C\c1ccccc1)[C@@H](O)[C@H](N)C(=O)N(C)[C@H](c1ccccc1)[C@H](O)c1ccccc1. The summed E-state index contributed by atoms with van der Waals surface area (Å²) in [5, 5.41) is 21.9. The van der Waals surface area contributed by atoms with Crippen LogP contribution in [-0.4, -0.2) is 40.2 Å². The number of carbonyl (C=O) groups excluding carboxylic acids is 1. The van der Waals surface area contributed by atoms with E-state index in [9.17, 15) is 15.0 Å². The zero-order valence-electron chi connectivity index (χ0n) is 18.4. The van der Waals surface area contributed by atoms with Crippen molar-refractivity contribution in [1.82, 2.24) is 4.90 Å². The highest BCUT2D eigenvalue weighted by atomic mass is 16.3. The van der Waals surface area contributed by atoms with Crippen molar-refractivity contribution in [2.45, 2.75) is 31.2 Å². The Kier molecular flexibility index (Phi) is 7.95. The number of nitrogens with zero attached hydrogens (tertiary/aromatic N) is 1. The molecule has 166 valence electrons. The van der Waals surface area contributed by atoms with Crippen molar-refractivity contribution in [2.75, 3.05) is 7.05 Å². The van der Waals surface area contributed by atoms with Crippen LogP contribution in [0.5, 0.6) is 0 Å². The molecule has 0 aromatic heterocycles. The lowest BCUT2D eigenvalue weighted by Gasteiger charge is -2.35. The van der Waals surface area contributed by atoms with Gasteiger partial charge >= 0.3 is 0 Å². The fourth-order valence-corrected chi connectivity index (χ4v) is 3.79. The first-order valence-corrected chi connectivity index (χ1v) is 10.6. The number of aliphatic hydroxyl groups is 2. The Balaban J connectivity index is 1.86. The number of aliphatic hydroxyl groups excluding tert-OH is 2. The lowest BCUT2D eigenvalue weighted by Crippen LogP contribution is -2.51. The molecule has 4 N–H and O–H groups in total. The standard InChI is InChI=1S/C27H30N2O3/c1-19(18-20-12-6-3-7-13-20)25(30)23(28)27(32)29(2)24(21-14-8-4-9-15-21)26(31)22-16-10-5-11-17-22/h3-18,23-26,30-31H,28H2,1-2H3/b19-18+/t23-,24+,25+,26+/m0/s1. The van der Waals surface area contributed by atoms with E-state index >= 15 is 0 Å². The predicted molar refractivity (Wildman–Crippen MR) is 127 cm³/mol. The minimum absolute atomic E-state index is 0.456. The maximum absolute atomic E-state index is 13.3. The molecule has 0 aliphatic heterocycles. The van der Waals surface area contributed by atoms with Crippen LogP contribution in [-0.2, 0) is 4.79 Å². The van der Waals surface area contributed by atoms with Gasteiger partial charge in [-0.25, -0.2) is 0 Å². The molecule has 0 radical (unpaired) electrons. The first-order valence-electron chi connectivity index (χ1n) is 10.6. The van der Waals surface area contributed by atoms with Crippen molar-refractivity contribution in [1.29, 1.82) is 0 Å². The number of hydrogen-bond donors (Lipinski definition) is 3. The minimum Gasteiger partial charge on any atom is -0.387 e. The maximum Gasteiger partial charge on any atom is 0.242 e. The molecular formula is C27H30N2O3.